The van der Waals surface area contributed by atoms with E-state index in [1.807, 2.05) is 42.5 Å². The van der Waals surface area contributed by atoms with E-state index in [1.165, 1.54) is 12.3 Å². The van der Waals surface area contributed by atoms with Gasteiger partial charge in [0.1, 0.15) is 6.61 Å². The zero-order chi connectivity index (χ0) is 13.5. The molecule has 1 aromatic carbocycles. The second kappa shape index (κ2) is 6.30. The monoisotopic (exact) mass is 256 g/mol. The van der Waals surface area contributed by atoms with Crippen LogP contribution in [0.4, 0.5) is 0 Å². The van der Waals surface area contributed by atoms with Crippen LogP contribution in [0.25, 0.3) is 6.08 Å². The number of ether oxygens (including phenoxy) is 1. The molecule has 0 radical (unpaired) electrons. The third-order valence-corrected chi connectivity index (χ3v) is 2.27. The van der Waals surface area contributed by atoms with Crippen LogP contribution in [0.5, 0.6) is 6.01 Å². The number of rotatable bonds is 5. The van der Waals surface area contributed by atoms with Gasteiger partial charge in [-0.2, -0.15) is 4.98 Å². The van der Waals surface area contributed by atoms with E-state index >= 15 is 0 Å². The number of carbonyl (C=O) groups is 1. The zero-order valence-electron chi connectivity index (χ0n) is 10.1. The fourth-order valence-corrected chi connectivity index (χ4v) is 1.40. The van der Waals surface area contributed by atoms with E-state index in [1.54, 1.807) is 0 Å². The summed E-state index contributed by atoms with van der Waals surface area (Å²) in [4.78, 5) is 18.3. The molecule has 1 heterocycles. The van der Waals surface area contributed by atoms with E-state index in [4.69, 9.17) is 9.84 Å². The minimum Gasteiger partial charge on any atom is -0.477 e. The van der Waals surface area contributed by atoms with Crippen LogP contribution in [0, 0.1) is 0 Å². The quantitative estimate of drug-likeness (QED) is 0.888. The van der Waals surface area contributed by atoms with Crippen molar-refractivity contribution in [3.8, 4) is 6.01 Å². The highest BCUT2D eigenvalue weighted by Crippen LogP contribution is 2.04. The molecule has 5 nitrogen and oxygen atoms in total. The predicted octanol–water partition coefficient (Wildman–Crippen LogP) is 2.27. The summed E-state index contributed by atoms with van der Waals surface area (Å²) in [5, 5.41) is 8.77. The smallest absolute Gasteiger partial charge is 0.354 e. The molecule has 19 heavy (non-hydrogen) atoms. The molecule has 0 atom stereocenters. The highest BCUT2D eigenvalue weighted by molar-refractivity contribution is 5.85. The van der Waals surface area contributed by atoms with Crippen LogP contribution in [0.3, 0.4) is 0 Å². The maximum Gasteiger partial charge on any atom is 0.354 e. The Kier molecular flexibility index (Phi) is 4.23. The Balaban J connectivity index is 1.91. The van der Waals surface area contributed by atoms with Gasteiger partial charge in [0.25, 0.3) is 0 Å². The van der Waals surface area contributed by atoms with Crippen molar-refractivity contribution >= 4 is 12.0 Å². The molecule has 0 saturated heterocycles. The van der Waals surface area contributed by atoms with Gasteiger partial charge in [-0.15, -0.1) is 0 Å². The Hall–Kier alpha value is -2.69. The fraction of sp³-hybridized carbons (Fsp3) is 0.0714. The van der Waals surface area contributed by atoms with Crippen molar-refractivity contribution < 1.29 is 14.6 Å². The molecule has 0 unspecified atom stereocenters. The lowest BCUT2D eigenvalue weighted by Gasteiger charge is -2.01. The van der Waals surface area contributed by atoms with Gasteiger partial charge in [0.15, 0.2) is 5.69 Å². The Morgan fingerprint density at radius 1 is 1.26 bits per heavy atom. The van der Waals surface area contributed by atoms with Crippen molar-refractivity contribution in [2.24, 2.45) is 0 Å². The Labute approximate surface area is 110 Å². The van der Waals surface area contributed by atoms with E-state index in [9.17, 15) is 4.79 Å². The number of hydrogen-bond acceptors (Lipinski definition) is 4. The fourth-order valence-electron chi connectivity index (χ4n) is 1.40. The van der Waals surface area contributed by atoms with E-state index in [0.717, 1.165) is 5.56 Å². The van der Waals surface area contributed by atoms with Gasteiger partial charge >= 0.3 is 12.0 Å². The van der Waals surface area contributed by atoms with Crippen LogP contribution in [-0.4, -0.2) is 27.7 Å². The molecule has 96 valence electrons. The lowest BCUT2D eigenvalue weighted by Crippen LogP contribution is -2.04. The number of carboxylic acid groups (broad SMARTS) is 1. The molecule has 0 spiro atoms. The van der Waals surface area contributed by atoms with E-state index in [2.05, 4.69) is 9.97 Å². The summed E-state index contributed by atoms with van der Waals surface area (Å²) in [5.41, 5.74) is 0.975. The van der Waals surface area contributed by atoms with Crippen molar-refractivity contribution in [3.63, 3.8) is 0 Å². The first-order valence-corrected chi connectivity index (χ1v) is 5.66. The molecule has 1 N–H and O–H groups in total. The number of aromatic carboxylic acids is 1. The normalized spacial score (nSPS) is 10.5. The summed E-state index contributed by atoms with van der Waals surface area (Å²) in [6, 6.07) is 11.1. The highest BCUT2D eigenvalue weighted by atomic mass is 16.5. The molecule has 0 aliphatic rings. The average Bonchev–Trinajstić information content (AvgIpc) is 2.45. The minimum atomic E-state index is -1.10. The summed E-state index contributed by atoms with van der Waals surface area (Å²) in [6.45, 7) is 0.276. The van der Waals surface area contributed by atoms with Crippen LogP contribution in [0.1, 0.15) is 16.1 Å². The first-order chi connectivity index (χ1) is 9.25. The van der Waals surface area contributed by atoms with Crippen molar-refractivity contribution in [1.82, 2.24) is 9.97 Å². The third kappa shape index (κ3) is 3.92. The van der Waals surface area contributed by atoms with Crippen LogP contribution in [0.15, 0.2) is 48.7 Å². The van der Waals surface area contributed by atoms with Crippen molar-refractivity contribution in [1.29, 1.82) is 0 Å². The van der Waals surface area contributed by atoms with E-state index in [-0.39, 0.29) is 18.3 Å². The lowest BCUT2D eigenvalue weighted by molar-refractivity contribution is 0.0689. The van der Waals surface area contributed by atoms with Gasteiger partial charge in [-0.25, -0.2) is 9.78 Å². The van der Waals surface area contributed by atoms with Gasteiger partial charge in [-0.3, -0.25) is 0 Å². The van der Waals surface area contributed by atoms with Crippen LogP contribution in [-0.2, 0) is 0 Å². The number of benzene rings is 1. The van der Waals surface area contributed by atoms with Gasteiger partial charge in [0.2, 0.25) is 0 Å². The number of carboxylic acids is 1. The average molecular weight is 256 g/mol. The maximum atomic E-state index is 10.7. The SMILES string of the molecule is O=C(O)c1ccnc(OC/C=C/c2ccccc2)n1. The topological polar surface area (TPSA) is 72.3 Å². The first kappa shape index (κ1) is 12.8. The van der Waals surface area contributed by atoms with Gasteiger partial charge in [0.05, 0.1) is 0 Å². The Bertz CT molecular complexity index is 582. The molecule has 2 rings (SSSR count). The molecule has 0 fully saturated rings. The van der Waals surface area contributed by atoms with Crippen LogP contribution in [0.2, 0.25) is 0 Å². The summed E-state index contributed by atoms with van der Waals surface area (Å²) in [5.74, 6) is -1.10. The highest BCUT2D eigenvalue weighted by Gasteiger charge is 2.05. The number of nitrogens with zero attached hydrogens (tertiary/aromatic N) is 2. The largest absolute Gasteiger partial charge is 0.477 e. The molecule has 1 aromatic heterocycles. The standard InChI is InChI=1S/C14H12N2O3/c17-13(18)12-8-9-15-14(16-12)19-10-4-7-11-5-2-1-3-6-11/h1-9H,10H2,(H,17,18)/b7-4+. The molecular formula is C14H12N2O3. The predicted molar refractivity (Wildman–Crippen MR) is 70.0 cm³/mol. The summed E-state index contributed by atoms with van der Waals surface area (Å²) in [6.07, 6.45) is 5.07. The summed E-state index contributed by atoms with van der Waals surface area (Å²) >= 11 is 0. The molecule has 0 aliphatic heterocycles. The molecule has 5 heteroatoms. The lowest BCUT2D eigenvalue weighted by atomic mass is 10.2. The van der Waals surface area contributed by atoms with Crippen LogP contribution < -0.4 is 4.74 Å². The number of hydrogen-bond donors (Lipinski definition) is 1. The molecule has 0 aliphatic carbocycles. The van der Waals surface area contributed by atoms with Gasteiger partial charge in [0, 0.05) is 6.20 Å². The van der Waals surface area contributed by atoms with Gasteiger partial charge in [-0.1, -0.05) is 36.4 Å². The van der Waals surface area contributed by atoms with Crippen LogP contribution >= 0.6 is 0 Å². The Morgan fingerprint density at radius 2 is 2.05 bits per heavy atom. The molecule has 0 bridgehead atoms. The summed E-state index contributed by atoms with van der Waals surface area (Å²) < 4.78 is 5.25. The summed E-state index contributed by atoms with van der Waals surface area (Å²) in [7, 11) is 0. The first-order valence-electron chi connectivity index (χ1n) is 5.66. The molecule has 0 saturated carbocycles. The Morgan fingerprint density at radius 3 is 2.79 bits per heavy atom. The van der Waals surface area contributed by atoms with E-state index in [0.29, 0.717) is 0 Å². The second-order valence-electron chi connectivity index (χ2n) is 3.65. The number of aromatic nitrogens is 2. The van der Waals surface area contributed by atoms with Gasteiger partial charge in [-0.05, 0) is 17.7 Å². The molecular weight excluding hydrogens is 244 g/mol. The maximum absolute atomic E-state index is 10.7. The van der Waals surface area contributed by atoms with Gasteiger partial charge < -0.3 is 9.84 Å². The van der Waals surface area contributed by atoms with Crippen molar-refractivity contribution in [3.05, 3.63) is 59.9 Å². The second-order valence-corrected chi connectivity index (χ2v) is 3.65. The molecule has 2 aromatic rings. The zero-order valence-corrected chi connectivity index (χ0v) is 10.1. The molecule has 0 amide bonds. The minimum absolute atomic E-state index is 0.0533. The third-order valence-electron chi connectivity index (χ3n) is 2.27. The van der Waals surface area contributed by atoms with Crippen molar-refractivity contribution in [2.75, 3.05) is 6.61 Å². The van der Waals surface area contributed by atoms with E-state index < -0.39 is 5.97 Å². The van der Waals surface area contributed by atoms with Crippen molar-refractivity contribution in [2.45, 2.75) is 0 Å².